The molecule has 0 atom stereocenters. The molecule has 2 aromatic heterocycles. The smallest absolute Gasteiger partial charge is 0.296 e. The quantitative estimate of drug-likeness (QED) is 0.770. The largest absolute Gasteiger partial charge is 0.311 e. The van der Waals surface area contributed by atoms with Gasteiger partial charge in [-0.05, 0) is 6.07 Å². The van der Waals surface area contributed by atoms with Crippen molar-refractivity contribution >= 4 is 22.8 Å². The number of carbonyl (C=O) groups is 1. The summed E-state index contributed by atoms with van der Waals surface area (Å²) >= 11 is 0. The molecular formula is C14H11F2N5O2. The van der Waals surface area contributed by atoms with Gasteiger partial charge in [-0.3, -0.25) is 20.0 Å². The lowest BCUT2D eigenvalue weighted by atomic mass is 10.1. The molecule has 0 aliphatic heterocycles. The van der Waals surface area contributed by atoms with E-state index in [9.17, 15) is 18.4 Å². The number of carbonyl (C=O) groups excluding carboxylic acids is 1. The monoisotopic (exact) mass is 319 g/mol. The molecular weight excluding hydrogens is 308 g/mol. The van der Waals surface area contributed by atoms with Gasteiger partial charge >= 0.3 is 0 Å². The van der Waals surface area contributed by atoms with E-state index in [-0.39, 0.29) is 17.1 Å². The lowest BCUT2D eigenvalue weighted by molar-refractivity contribution is 0.102. The number of rotatable bonds is 3. The first-order chi connectivity index (χ1) is 11.0. The van der Waals surface area contributed by atoms with Crippen molar-refractivity contribution < 1.29 is 13.6 Å². The first-order valence-electron chi connectivity index (χ1n) is 6.58. The summed E-state index contributed by atoms with van der Waals surface area (Å²) in [5.41, 5.74) is 0.331. The first kappa shape index (κ1) is 14.8. The maximum absolute atomic E-state index is 12.5. The van der Waals surface area contributed by atoms with Gasteiger partial charge in [0.25, 0.3) is 17.9 Å². The molecule has 0 unspecified atom stereocenters. The van der Waals surface area contributed by atoms with E-state index in [2.05, 4.69) is 15.4 Å². The zero-order valence-electron chi connectivity index (χ0n) is 11.9. The van der Waals surface area contributed by atoms with E-state index in [0.29, 0.717) is 10.9 Å². The van der Waals surface area contributed by atoms with Gasteiger partial charge in [0.1, 0.15) is 0 Å². The van der Waals surface area contributed by atoms with Gasteiger partial charge in [-0.15, -0.1) is 5.10 Å². The van der Waals surface area contributed by atoms with Crippen molar-refractivity contribution in [2.75, 3.05) is 5.32 Å². The Morgan fingerprint density at radius 1 is 1.35 bits per heavy atom. The first-order valence-corrected chi connectivity index (χ1v) is 6.58. The van der Waals surface area contributed by atoms with Gasteiger partial charge in [0.2, 0.25) is 5.95 Å². The fourth-order valence-corrected chi connectivity index (χ4v) is 2.20. The molecule has 3 rings (SSSR count). The fraction of sp³-hybridized carbons (Fsp3) is 0.143. The second-order valence-electron chi connectivity index (χ2n) is 4.77. The van der Waals surface area contributed by atoms with Crippen LogP contribution in [0.3, 0.4) is 0 Å². The number of H-pyrrole nitrogens is 1. The van der Waals surface area contributed by atoms with Gasteiger partial charge in [0.05, 0.1) is 11.1 Å². The van der Waals surface area contributed by atoms with Crippen LogP contribution in [0.25, 0.3) is 10.9 Å². The standard InChI is InChI=1S/C14H11F2N5O2/c1-21-9-5-3-2-4-7(9)8(6-10(21)22)13(23)18-14-17-12(11(15)16)19-20-14/h2-6,11H,1H3,(H2,17,18,19,20,23). The summed E-state index contributed by atoms with van der Waals surface area (Å²) in [4.78, 5) is 27.7. The van der Waals surface area contributed by atoms with Crippen molar-refractivity contribution in [2.45, 2.75) is 6.43 Å². The normalized spacial score (nSPS) is 11.1. The molecule has 1 aromatic carbocycles. The van der Waals surface area contributed by atoms with Crippen LogP contribution in [0.1, 0.15) is 22.6 Å². The van der Waals surface area contributed by atoms with Crippen molar-refractivity contribution in [3.8, 4) is 0 Å². The minimum Gasteiger partial charge on any atom is -0.311 e. The topological polar surface area (TPSA) is 92.7 Å². The van der Waals surface area contributed by atoms with Crippen molar-refractivity contribution in [2.24, 2.45) is 7.05 Å². The van der Waals surface area contributed by atoms with E-state index in [0.717, 1.165) is 0 Å². The third kappa shape index (κ3) is 2.68. The Balaban J connectivity index is 2.01. The number of benzene rings is 1. The van der Waals surface area contributed by atoms with E-state index in [4.69, 9.17) is 0 Å². The molecule has 23 heavy (non-hydrogen) atoms. The molecule has 9 heteroatoms. The van der Waals surface area contributed by atoms with Gasteiger partial charge in [-0.2, -0.15) is 4.98 Å². The van der Waals surface area contributed by atoms with Crippen LogP contribution in [0.2, 0.25) is 0 Å². The van der Waals surface area contributed by atoms with Crippen molar-refractivity contribution in [1.29, 1.82) is 0 Å². The third-order valence-electron chi connectivity index (χ3n) is 3.33. The Kier molecular flexibility index (Phi) is 3.61. The second kappa shape index (κ2) is 5.59. The zero-order chi connectivity index (χ0) is 16.6. The van der Waals surface area contributed by atoms with Crippen LogP contribution in [0.15, 0.2) is 35.1 Å². The molecule has 3 aromatic rings. The van der Waals surface area contributed by atoms with Crippen LogP contribution in [0, 0.1) is 0 Å². The molecule has 0 saturated carbocycles. The van der Waals surface area contributed by atoms with Gasteiger partial charge < -0.3 is 4.57 Å². The Bertz CT molecular complexity index is 948. The van der Waals surface area contributed by atoms with Crippen molar-refractivity contribution in [3.05, 3.63) is 52.1 Å². The molecule has 2 heterocycles. The Morgan fingerprint density at radius 2 is 2.09 bits per heavy atom. The summed E-state index contributed by atoms with van der Waals surface area (Å²) in [7, 11) is 1.59. The van der Waals surface area contributed by atoms with Crippen LogP contribution in [-0.4, -0.2) is 25.7 Å². The highest BCUT2D eigenvalue weighted by molar-refractivity contribution is 6.11. The molecule has 0 spiro atoms. The SMILES string of the molecule is Cn1c(=O)cc(C(=O)Nc2n[nH]c(C(F)F)n2)c2ccccc21. The predicted octanol–water partition coefficient (Wildman–Crippen LogP) is 1.85. The molecule has 0 radical (unpaired) electrons. The number of aromatic nitrogens is 4. The third-order valence-corrected chi connectivity index (χ3v) is 3.33. The van der Waals surface area contributed by atoms with E-state index in [1.807, 2.05) is 5.10 Å². The highest BCUT2D eigenvalue weighted by Gasteiger charge is 2.17. The van der Waals surface area contributed by atoms with E-state index < -0.39 is 18.2 Å². The molecule has 7 nitrogen and oxygen atoms in total. The van der Waals surface area contributed by atoms with Crippen LogP contribution in [-0.2, 0) is 7.05 Å². The van der Waals surface area contributed by atoms with Gasteiger partial charge in [0.15, 0.2) is 5.82 Å². The van der Waals surface area contributed by atoms with Crippen molar-refractivity contribution in [1.82, 2.24) is 19.7 Å². The average Bonchev–Trinajstić information content (AvgIpc) is 2.99. The summed E-state index contributed by atoms with van der Waals surface area (Å²) < 4.78 is 26.3. The number of fused-ring (bicyclic) bond motifs is 1. The number of para-hydroxylation sites is 1. The van der Waals surface area contributed by atoms with Gasteiger partial charge in [-0.1, -0.05) is 18.2 Å². The van der Waals surface area contributed by atoms with Gasteiger partial charge in [-0.25, -0.2) is 8.78 Å². The predicted molar refractivity (Wildman–Crippen MR) is 78.5 cm³/mol. The molecule has 2 N–H and O–H groups in total. The summed E-state index contributed by atoms with van der Waals surface area (Å²) in [6, 6.07) is 8.04. The Labute approximate surface area is 128 Å². The molecule has 1 amide bonds. The molecule has 0 aliphatic rings. The minimum atomic E-state index is -2.82. The number of aromatic amines is 1. The number of halogens is 2. The number of hydrogen-bond donors (Lipinski definition) is 2. The molecule has 0 saturated heterocycles. The minimum absolute atomic E-state index is 0.118. The van der Waals surface area contributed by atoms with Crippen LogP contribution < -0.4 is 10.9 Å². The summed E-state index contributed by atoms with van der Waals surface area (Å²) in [5.74, 6) is -1.58. The zero-order valence-corrected chi connectivity index (χ0v) is 11.9. The number of aryl methyl sites for hydroxylation is 1. The maximum atomic E-state index is 12.5. The summed E-state index contributed by atoms with van der Waals surface area (Å²) in [6.07, 6.45) is -2.82. The average molecular weight is 319 g/mol. The Hall–Kier alpha value is -3.10. The van der Waals surface area contributed by atoms with E-state index in [1.165, 1.54) is 10.6 Å². The number of alkyl halides is 2. The number of pyridine rings is 1. The summed E-state index contributed by atoms with van der Waals surface area (Å²) in [6.45, 7) is 0. The second-order valence-corrected chi connectivity index (χ2v) is 4.77. The number of nitrogens with zero attached hydrogens (tertiary/aromatic N) is 3. The van der Waals surface area contributed by atoms with Gasteiger partial charge in [0, 0.05) is 18.5 Å². The van der Waals surface area contributed by atoms with E-state index in [1.54, 1.807) is 31.3 Å². The lowest BCUT2D eigenvalue weighted by Gasteiger charge is -2.09. The van der Waals surface area contributed by atoms with Crippen LogP contribution in [0.4, 0.5) is 14.7 Å². The Morgan fingerprint density at radius 3 is 2.78 bits per heavy atom. The summed E-state index contributed by atoms with van der Waals surface area (Å²) in [5, 5.41) is 8.37. The van der Waals surface area contributed by atoms with E-state index >= 15 is 0 Å². The number of amides is 1. The van der Waals surface area contributed by atoms with Crippen molar-refractivity contribution in [3.63, 3.8) is 0 Å². The number of nitrogens with one attached hydrogen (secondary N) is 2. The fourth-order valence-electron chi connectivity index (χ4n) is 2.20. The lowest BCUT2D eigenvalue weighted by Crippen LogP contribution is -2.22. The highest BCUT2D eigenvalue weighted by Crippen LogP contribution is 2.18. The maximum Gasteiger partial charge on any atom is 0.296 e. The molecule has 0 aliphatic carbocycles. The van der Waals surface area contributed by atoms with Crippen LogP contribution in [0.5, 0.6) is 0 Å². The highest BCUT2D eigenvalue weighted by atomic mass is 19.3. The number of anilines is 1. The molecule has 0 fully saturated rings. The molecule has 118 valence electrons. The van der Waals surface area contributed by atoms with Crippen LogP contribution >= 0.6 is 0 Å². The number of hydrogen-bond acceptors (Lipinski definition) is 4. The molecule has 0 bridgehead atoms.